The Hall–Kier alpha value is -2.33. The highest BCUT2D eigenvalue weighted by Gasteiger charge is 2.43. The largest absolute Gasteiger partial charge is 0.328 e. The first-order chi connectivity index (χ1) is 9.67. The smallest absolute Gasteiger partial charge is 0.254 e. The van der Waals surface area contributed by atoms with Gasteiger partial charge in [-0.3, -0.25) is 9.59 Å². The van der Waals surface area contributed by atoms with E-state index in [9.17, 15) is 9.59 Å². The van der Waals surface area contributed by atoms with Crippen LogP contribution in [0.15, 0.2) is 48.5 Å². The molecule has 0 saturated heterocycles. The molecule has 1 aliphatic rings. The molecule has 0 radical (unpaired) electrons. The molecule has 1 heterocycles. The second-order valence-electron chi connectivity index (χ2n) is 4.52. The lowest BCUT2D eigenvalue weighted by Gasteiger charge is -2.30. The summed E-state index contributed by atoms with van der Waals surface area (Å²) in [6.07, 6.45) is 0.580. The Morgan fingerprint density at radius 1 is 1.10 bits per heavy atom. The summed E-state index contributed by atoms with van der Waals surface area (Å²) in [5, 5.41) is 6.16. The van der Waals surface area contributed by atoms with Gasteiger partial charge in [0, 0.05) is 21.7 Å². The van der Waals surface area contributed by atoms with Crippen LogP contribution in [0.2, 0.25) is 5.02 Å². The minimum Gasteiger partial charge on any atom is -0.328 e. The van der Waals surface area contributed by atoms with E-state index in [1.54, 1.807) is 36.4 Å². The molecule has 3 rings (SSSR count). The van der Waals surface area contributed by atoms with Crippen LogP contribution in [0.4, 0.5) is 0 Å². The first-order valence-corrected chi connectivity index (χ1v) is 6.44. The van der Waals surface area contributed by atoms with Crippen LogP contribution in [0, 0.1) is 0 Å². The maximum absolute atomic E-state index is 12.1. The minimum atomic E-state index is -1.04. The summed E-state index contributed by atoms with van der Waals surface area (Å²) in [4.78, 5) is 23.1. The molecule has 1 unspecified atom stereocenters. The molecule has 20 heavy (non-hydrogen) atoms. The third-order valence-corrected chi connectivity index (χ3v) is 3.68. The number of carbonyl (C=O) groups excluding carboxylic acids is 2. The number of fused-ring (bicyclic) bond motifs is 1. The van der Waals surface area contributed by atoms with E-state index in [-0.39, 0.29) is 5.91 Å². The lowest BCUT2D eigenvalue weighted by atomic mass is 9.91. The number of benzene rings is 2. The number of nitrogens with one attached hydrogen (secondary N) is 2. The van der Waals surface area contributed by atoms with E-state index in [0.717, 1.165) is 11.1 Å². The normalized spacial score (nSPS) is 20.1. The average Bonchev–Trinajstić information content (AvgIpc) is 2.75. The van der Waals surface area contributed by atoms with Crippen molar-refractivity contribution in [3.63, 3.8) is 0 Å². The summed E-state index contributed by atoms with van der Waals surface area (Å²) in [6.45, 7) is 0. The zero-order valence-corrected chi connectivity index (χ0v) is 11.1. The molecule has 0 spiro atoms. The molecule has 0 saturated carbocycles. The van der Waals surface area contributed by atoms with Gasteiger partial charge in [-0.25, -0.2) is 0 Å². The van der Waals surface area contributed by atoms with Crippen LogP contribution in [0.1, 0.15) is 21.5 Å². The van der Waals surface area contributed by atoms with E-state index < -0.39 is 5.66 Å². The lowest BCUT2D eigenvalue weighted by Crippen LogP contribution is -2.52. The van der Waals surface area contributed by atoms with Crippen molar-refractivity contribution < 1.29 is 9.59 Å². The number of halogens is 1. The van der Waals surface area contributed by atoms with Crippen molar-refractivity contribution in [2.75, 3.05) is 0 Å². The van der Waals surface area contributed by atoms with Gasteiger partial charge < -0.3 is 10.6 Å². The summed E-state index contributed by atoms with van der Waals surface area (Å²) in [6, 6.07) is 14.2. The van der Waals surface area contributed by atoms with Gasteiger partial charge in [0.25, 0.3) is 5.91 Å². The fourth-order valence-electron chi connectivity index (χ4n) is 2.53. The van der Waals surface area contributed by atoms with Gasteiger partial charge in [-0.2, -0.15) is 0 Å². The van der Waals surface area contributed by atoms with Crippen molar-refractivity contribution in [2.45, 2.75) is 5.66 Å². The minimum absolute atomic E-state index is 0.218. The van der Waals surface area contributed by atoms with Crippen molar-refractivity contribution >= 4 is 23.9 Å². The topological polar surface area (TPSA) is 58.2 Å². The van der Waals surface area contributed by atoms with Gasteiger partial charge in [0.05, 0.1) is 0 Å². The molecular formula is C15H11ClN2O2. The SMILES string of the molecule is O=CNC1(c2ccc(Cl)cc2)NC(=O)c2ccccc21. The van der Waals surface area contributed by atoms with Gasteiger partial charge in [-0.1, -0.05) is 41.9 Å². The summed E-state index contributed by atoms with van der Waals surface area (Å²) < 4.78 is 0. The van der Waals surface area contributed by atoms with E-state index in [4.69, 9.17) is 11.6 Å². The Balaban J connectivity index is 2.22. The molecule has 0 bridgehead atoms. The molecule has 1 atom stereocenters. The molecular weight excluding hydrogens is 276 g/mol. The van der Waals surface area contributed by atoms with Crippen molar-refractivity contribution in [1.29, 1.82) is 0 Å². The molecule has 2 N–H and O–H groups in total. The van der Waals surface area contributed by atoms with Crippen molar-refractivity contribution in [3.05, 3.63) is 70.2 Å². The zero-order valence-electron chi connectivity index (χ0n) is 10.4. The Morgan fingerprint density at radius 3 is 2.50 bits per heavy atom. The Kier molecular flexibility index (Phi) is 2.95. The second kappa shape index (κ2) is 4.65. The maximum Gasteiger partial charge on any atom is 0.254 e. The van der Waals surface area contributed by atoms with E-state index in [1.165, 1.54) is 0 Å². The van der Waals surface area contributed by atoms with Crippen LogP contribution in [-0.4, -0.2) is 12.3 Å². The highest BCUT2D eigenvalue weighted by molar-refractivity contribution is 6.30. The highest BCUT2D eigenvalue weighted by Crippen LogP contribution is 2.34. The molecule has 1 aliphatic heterocycles. The maximum atomic E-state index is 12.1. The molecule has 2 aromatic rings. The summed E-state index contributed by atoms with van der Waals surface area (Å²) in [5.74, 6) is -0.218. The number of amides is 2. The molecule has 4 nitrogen and oxygen atoms in total. The predicted molar refractivity (Wildman–Crippen MR) is 75.3 cm³/mol. The van der Waals surface area contributed by atoms with Gasteiger partial charge >= 0.3 is 0 Å². The summed E-state index contributed by atoms with van der Waals surface area (Å²) in [7, 11) is 0. The van der Waals surface area contributed by atoms with Gasteiger partial charge in [0.15, 0.2) is 5.66 Å². The zero-order chi connectivity index (χ0) is 14.2. The van der Waals surface area contributed by atoms with E-state index in [1.807, 2.05) is 12.1 Å². The molecule has 2 amide bonds. The van der Waals surface area contributed by atoms with Crippen LogP contribution in [0.3, 0.4) is 0 Å². The van der Waals surface area contributed by atoms with Crippen molar-refractivity contribution in [1.82, 2.24) is 10.6 Å². The highest BCUT2D eigenvalue weighted by atomic mass is 35.5. The van der Waals surface area contributed by atoms with Gasteiger partial charge in [-0.05, 0) is 18.2 Å². The van der Waals surface area contributed by atoms with Crippen molar-refractivity contribution in [2.24, 2.45) is 0 Å². The van der Waals surface area contributed by atoms with Crippen LogP contribution in [0.5, 0.6) is 0 Å². The molecule has 0 fully saturated rings. The van der Waals surface area contributed by atoms with E-state index in [0.29, 0.717) is 17.0 Å². The van der Waals surface area contributed by atoms with Gasteiger partial charge in [-0.15, -0.1) is 0 Å². The molecule has 0 aliphatic carbocycles. The van der Waals surface area contributed by atoms with Gasteiger partial charge in [0.2, 0.25) is 6.41 Å². The average molecular weight is 287 g/mol. The molecule has 100 valence electrons. The monoisotopic (exact) mass is 286 g/mol. The Bertz CT molecular complexity index is 685. The number of rotatable bonds is 3. The molecule has 2 aromatic carbocycles. The van der Waals surface area contributed by atoms with Crippen LogP contribution in [0.25, 0.3) is 0 Å². The number of hydrogen-bond donors (Lipinski definition) is 2. The molecule has 5 heteroatoms. The van der Waals surface area contributed by atoms with E-state index >= 15 is 0 Å². The fourth-order valence-corrected chi connectivity index (χ4v) is 2.65. The predicted octanol–water partition coefficient (Wildman–Crippen LogP) is 2.03. The van der Waals surface area contributed by atoms with Crippen molar-refractivity contribution in [3.8, 4) is 0 Å². The third-order valence-electron chi connectivity index (χ3n) is 3.43. The number of carbonyl (C=O) groups is 2. The Morgan fingerprint density at radius 2 is 1.80 bits per heavy atom. The standard InChI is InChI=1S/C15H11ClN2O2/c16-11-7-5-10(6-8-11)15(17-9-19)13-4-2-1-3-12(13)14(20)18-15/h1-9H,(H,17,19)(H,18,20). The quantitative estimate of drug-likeness (QED) is 0.848. The molecule has 0 aromatic heterocycles. The lowest BCUT2D eigenvalue weighted by molar-refractivity contribution is -0.111. The number of hydrogen-bond acceptors (Lipinski definition) is 2. The third kappa shape index (κ3) is 1.77. The summed E-state index contributed by atoms with van der Waals surface area (Å²) in [5.41, 5.74) is 0.975. The van der Waals surface area contributed by atoms with Crippen LogP contribution < -0.4 is 10.6 Å². The second-order valence-corrected chi connectivity index (χ2v) is 4.96. The Labute approximate surface area is 120 Å². The summed E-state index contributed by atoms with van der Waals surface area (Å²) >= 11 is 5.89. The van der Waals surface area contributed by atoms with E-state index in [2.05, 4.69) is 10.6 Å². The van der Waals surface area contributed by atoms with Crippen LogP contribution in [-0.2, 0) is 10.5 Å². The first-order valence-electron chi connectivity index (χ1n) is 6.07. The van der Waals surface area contributed by atoms with Gasteiger partial charge in [0.1, 0.15) is 0 Å². The van der Waals surface area contributed by atoms with Crippen LogP contribution >= 0.6 is 11.6 Å². The first kappa shape index (κ1) is 12.7. The fraction of sp³-hybridized carbons (Fsp3) is 0.0667.